The van der Waals surface area contributed by atoms with E-state index >= 15 is 0 Å². The molecule has 0 aliphatic heterocycles. The average Bonchev–Trinajstić information content (AvgIpc) is 2.25. The number of hydrogen-bond donors (Lipinski definition) is 1. The first-order valence-electron chi connectivity index (χ1n) is 4.97. The zero-order valence-electron chi connectivity index (χ0n) is 9.23. The van der Waals surface area contributed by atoms with Crippen LogP contribution in [0.5, 0.6) is 0 Å². The molecule has 15 heavy (non-hydrogen) atoms. The van der Waals surface area contributed by atoms with Crippen molar-refractivity contribution in [1.82, 2.24) is 15.3 Å². The third kappa shape index (κ3) is 5.54. The van der Waals surface area contributed by atoms with E-state index in [1.807, 2.05) is 6.07 Å². The van der Waals surface area contributed by atoms with Gasteiger partial charge < -0.3 is 5.32 Å². The molecule has 0 aliphatic carbocycles. The summed E-state index contributed by atoms with van der Waals surface area (Å²) >= 11 is 1.69. The topological polar surface area (TPSA) is 37.8 Å². The molecule has 0 bridgehead atoms. The van der Waals surface area contributed by atoms with Gasteiger partial charge in [-0.25, -0.2) is 9.97 Å². The Morgan fingerprint density at radius 3 is 3.00 bits per heavy atom. The summed E-state index contributed by atoms with van der Waals surface area (Å²) in [5.41, 5.74) is 1.19. The summed E-state index contributed by atoms with van der Waals surface area (Å²) in [5, 5.41) is 4.33. The minimum atomic E-state index is 0.505. The number of aromatic nitrogens is 2. The lowest BCUT2D eigenvalue weighted by molar-refractivity contribution is 0.623. The predicted octanol–water partition coefficient (Wildman–Crippen LogP) is 2.12. The number of nitrogens with one attached hydrogen (secondary N) is 1. The van der Waals surface area contributed by atoms with Crippen molar-refractivity contribution in [3.05, 3.63) is 30.7 Å². The Hall–Kier alpha value is -0.870. The van der Waals surface area contributed by atoms with Crippen LogP contribution in [0.1, 0.15) is 13.8 Å². The van der Waals surface area contributed by atoms with Crippen LogP contribution < -0.4 is 5.32 Å². The minimum Gasteiger partial charge on any atom is -0.311 e. The Morgan fingerprint density at radius 2 is 2.40 bits per heavy atom. The first-order valence-corrected chi connectivity index (χ1v) is 5.96. The van der Waals surface area contributed by atoms with Gasteiger partial charge in [-0.1, -0.05) is 26.0 Å². The van der Waals surface area contributed by atoms with Crippen LogP contribution in [0.25, 0.3) is 0 Å². The molecule has 0 saturated carbocycles. The molecule has 1 aromatic heterocycles. The van der Waals surface area contributed by atoms with Crippen LogP contribution in [-0.2, 0) is 0 Å². The van der Waals surface area contributed by atoms with Crippen molar-refractivity contribution in [3.8, 4) is 0 Å². The molecule has 1 N–H and O–H groups in total. The highest BCUT2D eigenvalue weighted by Crippen LogP contribution is 2.15. The van der Waals surface area contributed by atoms with E-state index in [-0.39, 0.29) is 0 Å². The molecule has 0 spiro atoms. The smallest absolute Gasteiger partial charge is 0.116 e. The number of nitrogens with zero attached hydrogens (tertiary/aromatic N) is 2. The largest absolute Gasteiger partial charge is 0.311 e. The fraction of sp³-hybridized carbons (Fsp3) is 0.455. The molecule has 0 fully saturated rings. The van der Waals surface area contributed by atoms with Gasteiger partial charge in [0.25, 0.3) is 0 Å². The molecule has 0 unspecified atom stereocenters. The fourth-order valence-corrected chi connectivity index (χ4v) is 1.67. The van der Waals surface area contributed by atoms with Gasteiger partial charge in [-0.2, -0.15) is 0 Å². The van der Waals surface area contributed by atoms with Gasteiger partial charge in [0.15, 0.2) is 0 Å². The summed E-state index contributed by atoms with van der Waals surface area (Å²) in [6.07, 6.45) is 3.32. The predicted molar refractivity (Wildman–Crippen MR) is 65.0 cm³/mol. The van der Waals surface area contributed by atoms with Gasteiger partial charge >= 0.3 is 0 Å². The molecule has 0 radical (unpaired) electrons. The van der Waals surface area contributed by atoms with Gasteiger partial charge in [0.05, 0.1) is 5.03 Å². The van der Waals surface area contributed by atoms with Crippen molar-refractivity contribution in [1.29, 1.82) is 0 Å². The summed E-state index contributed by atoms with van der Waals surface area (Å²) in [6.45, 7) is 9.15. The maximum Gasteiger partial charge on any atom is 0.116 e. The number of thioether (sulfide) groups is 1. The van der Waals surface area contributed by atoms with Crippen LogP contribution in [0.4, 0.5) is 0 Å². The molecule has 1 heterocycles. The third-order valence-electron chi connectivity index (χ3n) is 1.74. The maximum absolute atomic E-state index is 4.14. The lowest BCUT2D eigenvalue weighted by Gasteiger charge is -2.09. The Bertz CT molecular complexity index is 298. The van der Waals surface area contributed by atoms with Gasteiger partial charge in [-0.05, 0) is 6.07 Å². The minimum absolute atomic E-state index is 0.505. The molecule has 1 aromatic rings. The van der Waals surface area contributed by atoms with Crippen LogP contribution in [0.15, 0.2) is 35.8 Å². The summed E-state index contributed by atoms with van der Waals surface area (Å²) in [7, 11) is 0. The number of hydrogen-bond acceptors (Lipinski definition) is 4. The second-order valence-electron chi connectivity index (χ2n) is 3.62. The van der Waals surface area contributed by atoms with E-state index < -0.39 is 0 Å². The van der Waals surface area contributed by atoms with E-state index in [0.29, 0.717) is 6.04 Å². The molecule has 82 valence electrons. The van der Waals surface area contributed by atoms with Crippen LogP contribution in [0.3, 0.4) is 0 Å². The molecular formula is C11H17N3S. The molecular weight excluding hydrogens is 206 g/mol. The van der Waals surface area contributed by atoms with Crippen LogP contribution in [0, 0.1) is 0 Å². The molecule has 0 amide bonds. The third-order valence-corrected chi connectivity index (χ3v) is 2.83. The van der Waals surface area contributed by atoms with Crippen molar-refractivity contribution in [3.63, 3.8) is 0 Å². The summed E-state index contributed by atoms with van der Waals surface area (Å²) in [5.74, 6) is 0.900. The van der Waals surface area contributed by atoms with E-state index in [2.05, 4.69) is 35.7 Å². The second kappa shape index (κ2) is 6.58. The fourth-order valence-electron chi connectivity index (χ4n) is 0.939. The van der Waals surface area contributed by atoms with Crippen LogP contribution in [0.2, 0.25) is 0 Å². The Balaban J connectivity index is 2.23. The Kier molecular flexibility index (Phi) is 5.36. The van der Waals surface area contributed by atoms with Gasteiger partial charge in [0.1, 0.15) is 6.33 Å². The first kappa shape index (κ1) is 12.2. The van der Waals surface area contributed by atoms with Gasteiger partial charge in [0, 0.05) is 24.5 Å². The highest BCUT2D eigenvalue weighted by molar-refractivity contribution is 7.99. The molecule has 1 rings (SSSR count). The first-order chi connectivity index (χ1) is 7.18. The second-order valence-corrected chi connectivity index (χ2v) is 4.62. The van der Waals surface area contributed by atoms with E-state index in [9.17, 15) is 0 Å². The van der Waals surface area contributed by atoms with Crippen LogP contribution >= 0.6 is 11.8 Å². The van der Waals surface area contributed by atoms with E-state index in [0.717, 1.165) is 17.3 Å². The molecule has 0 aliphatic rings. The van der Waals surface area contributed by atoms with Crippen molar-refractivity contribution in [2.24, 2.45) is 0 Å². The molecule has 3 nitrogen and oxygen atoms in total. The highest BCUT2D eigenvalue weighted by Gasteiger charge is 1.99. The van der Waals surface area contributed by atoms with Gasteiger partial charge in [-0.15, -0.1) is 11.8 Å². The van der Waals surface area contributed by atoms with Crippen LogP contribution in [-0.4, -0.2) is 28.3 Å². The normalized spacial score (nSPS) is 10.6. The standard InChI is InChI=1S/C11H17N3S/c1-9(2)13-6-10(3)7-15-11-4-5-12-8-14-11/h4-5,8-9,13H,3,6-7H2,1-2H3. The SMILES string of the molecule is C=C(CNC(C)C)CSc1ccncn1. The Morgan fingerprint density at radius 1 is 1.60 bits per heavy atom. The van der Waals surface area contributed by atoms with Crippen molar-refractivity contribution in [2.75, 3.05) is 12.3 Å². The van der Waals surface area contributed by atoms with E-state index in [4.69, 9.17) is 0 Å². The van der Waals surface area contributed by atoms with Crippen molar-refractivity contribution in [2.45, 2.75) is 24.9 Å². The molecule has 0 aromatic carbocycles. The van der Waals surface area contributed by atoms with Gasteiger partial charge in [-0.3, -0.25) is 0 Å². The average molecular weight is 223 g/mol. The van der Waals surface area contributed by atoms with Crippen molar-refractivity contribution >= 4 is 11.8 Å². The van der Waals surface area contributed by atoms with Gasteiger partial charge in [0.2, 0.25) is 0 Å². The quantitative estimate of drug-likeness (QED) is 0.455. The van der Waals surface area contributed by atoms with E-state index in [1.54, 1.807) is 24.3 Å². The highest BCUT2D eigenvalue weighted by atomic mass is 32.2. The monoisotopic (exact) mass is 223 g/mol. The molecule has 0 atom stereocenters. The summed E-state index contributed by atoms with van der Waals surface area (Å²) < 4.78 is 0. The maximum atomic E-state index is 4.14. The zero-order chi connectivity index (χ0) is 11.1. The summed E-state index contributed by atoms with van der Waals surface area (Å²) in [4.78, 5) is 8.01. The number of rotatable bonds is 6. The molecule has 0 saturated heterocycles. The zero-order valence-corrected chi connectivity index (χ0v) is 10.0. The van der Waals surface area contributed by atoms with Crippen molar-refractivity contribution < 1.29 is 0 Å². The Labute approximate surface area is 95.4 Å². The van der Waals surface area contributed by atoms with E-state index in [1.165, 1.54) is 5.57 Å². The lowest BCUT2D eigenvalue weighted by atomic mass is 10.3. The summed E-state index contributed by atoms with van der Waals surface area (Å²) in [6, 6.07) is 2.42. The molecule has 4 heteroatoms. The lowest BCUT2D eigenvalue weighted by Crippen LogP contribution is -2.25.